The Hall–Kier alpha value is -0.630. The Kier molecular flexibility index (Phi) is 6.95. The fraction of sp³-hybridized carbons (Fsp3) is 0.636. The van der Waals surface area contributed by atoms with Crippen molar-refractivity contribution >= 4 is 15.9 Å². The number of allylic oxidation sites excluding steroid dienone is 1. The maximum Gasteiger partial charge on any atom is 0.123 e. The van der Waals surface area contributed by atoms with Crippen molar-refractivity contribution in [3.05, 3.63) is 46.7 Å². The minimum atomic E-state index is -0.124. The molecule has 2 fully saturated rings. The van der Waals surface area contributed by atoms with E-state index in [2.05, 4.69) is 22.0 Å². The van der Waals surface area contributed by atoms with Gasteiger partial charge in [0.25, 0.3) is 0 Å². The van der Waals surface area contributed by atoms with Crippen LogP contribution in [0.3, 0.4) is 0 Å². The molecule has 0 nitrogen and oxygen atoms in total. The molecule has 2 saturated carbocycles. The Morgan fingerprint density at radius 1 is 0.875 bits per heavy atom. The highest BCUT2D eigenvalue weighted by Crippen LogP contribution is 2.42. The first-order valence-electron chi connectivity index (χ1n) is 9.76. The van der Waals surface area contributed by atoms with E-state index >= 15 is 0 Å². The van der Waals surface area contributed by atoms with E-state index in [-0.39, 0.29) is 5.82 Å². The van der Waals surface area contributed by atoms with Crippen LogP contribution >= 0.6 is 15.9 Å². The topological polar surface area (TPSA) is 0 Å². The first-order chi connectivity index (χ1) is 11.7. The molecule has 0 bridgehead atoms. The van der Waals surface area contributed by atoms with Gasteiger partial charge in [-0.1, -0.05) is 47.0 Å². The van der Waals surface area contributed by atoms with Gasteiger partial charge in [-0.05, 0) is 97.7 Å². The van der Waals surface area contributed by atoms with Crippen LogP contribution in [0.15, 0.2) is 35.3 Å². The van der Waals surface area contributed by atoms with Crippen LogP contribution in [0.1, 0.15) is 63.4 Å². The van der Waals surface area contributed by atoms with Gasteiger partial charge in [0.15, 0.2) is 0 Å². The molecule has 0 heterocycles. The van der Waals surface area contributed by atoms with Crippen molar-refractivity contribution in [1.29, 1.82) is 0 Å². The molecule has 0 N–H and O–H groups in total. The summed E-state index contributed by atoms with van der Waals surface area (Å²) in [5, 5.41) is 0. The zero-order valence-corrected chi connectivity index (χ0v) is 16.2. The lowest BCUT2D eigenvalue weighted by Crippen LogP contribution is -2.25. The van der Waals surface area contributed by atoms with E-state index in [9.17, 15) is 4.39 Å². The van der Waals surface area contributed by atoms with Crippen molar-refractivity contribution in [1.82, 2.24) is 0 Å². The van der Waals surface area contributed by atoms with E-state index in [0.29, 0.717) is 0 Å². The molecule has 0 atom stereocenters. The average Bonchev–Trinajstić information content (AvgIpc) is 2.63. The molecule has 0 aliphatic heterocycles. The minimum Gasteiger partial charge on any atom is -0.207 e. The van der Waals surface area contributed by atoms with Crippen molar-refractivity contribution < 1.29 is 4.39 Å². The number of hydrogen-bond donors (Lipinski definition) is 0. The first kappa shape index (κ1) is 18.2. The fourth-order valence-corrected chi connectivity index (χ4v) is 5.31. The Labute approximate surface area is 155 Å². The van der Waals surface area contributed by atoms with Gasteiger partial charge in [0, 0.05) is 0 Å². The maximum atomic E-state index is 13.0. The van der Waals surface area contributed by atoms with Crippen molar-refractivity contribution in [2.75, 3.05) is 0 Å². The van der Waals surface area contributed by atoms with Crippen LogP contribution in [0, 0.1) is 29.5 Å². The molecule has 24 heavy (non-hydrogen) atoms. The molecule has 2 heteroatoms. The SMILES string of the molecule is Fc1ccc(CCC2CCC(C3CCC(C=CBr)CC3)CC2)cc1. The van der Waals surface area contributed by atoms with E-state index in [1.54, 1.807) is 12.1 Å². The Morgan fingerprint density at radius 2 is 1.46 bits per heavy atom. The van der Waals surface area contributed by atoms with E-state index in [1.807, 2.05) is 17.1 Å². The molecule has 0 aromatic heterocycles. The lowest BCUT2D eigenvalue weighted by atomic mass is 9.68. The molecule has 0 spiro atoms. The number of aryl methyl sites for hydroxylation is 1. The molecule has 0 radical (unpaired) electrons. The lowest BCUT2D eigenvalue weighted by molar-refractivity contribution is 0.153. The van der Waals surface area contributed by atoms with Gasteiger partial charge in [0.05, 0.1) is 0 Å². The van der Waals surface area contributed by atoms with Gasteiger partial charge in [-0.15, -0.1) is 0 Å². The van der Waals surface area contributed by atoms with E-state index < -0.39 is 0 Å². The standard InChI is InChI=1S/C22H30BrF/c23-16-15-19-5-11-21(12-6-19)20-9-3-17(4-10-20)1-2-18-7-13-22(24)14-8-18/h7-8,13-17,19-21H,1-6,9-12H2. The monoisotopic (exact) mass is 392 g/mol. The normalized spacial score (nSPS) is 31.4. The summed E-state index contributed by atoms with van der Waals surface area (Å²) >= 11 is 3.42. The van der Waals surface area contributed by atoms with Gasteiger partial charge in [0.1, 0.15) is 5.82 Å². The van der Waals surface area contributed by atoms with Gasteiger partial charge in [0.2, 0.25) is 0 Å². The minimum absolute atomic E-state index is 0.124. The van der Waals surface area contributed by atoms with Gasteiger partial charge >= 0.3 is 0 Å². The van der Waals surface area contributed by atoms with Crippen LogP contribution in [0.5, 0.6) is 0 Å². The quantitative estimate of drug-likeness (QED) is 0.493. The second-order valence-corrected chi connectivity index (χ2v) is 8.47. The molecule has 1 aromatic rings. The third-order valence-corrected chi connectivity index (χ3v) is 6.78. The molecule has 0 amide bonds. The van der Waals surface area contributed by atoms with Crippen LogP contribution in [0.25, 0.3) is 0 Å². The zero-order valence-electron chi connectivity index (χ0n) is 14.6. The zero-order chi connectivity index (χ0) is 16.8. The summed E-state index contributed by atoms with van der Waals surface area (Å²) in [6.07, 6.45) is 16.1. The summed E-state index contributed by atoms with van der Waals surface area (Å²) in [4.78, 5) is 2.05. The summed E-state index contributed by atoms with van der Waals surface area (Å²) in [6, 6.07) is 7.07. The third-order valence-electron chi connectivity index (χ3n) is 6.47. The summed E-state index contributed by atoms with van der Waals surface area (Å²) in [6.45, 7) is 0. The smallest absolute Gasteiger partial charge is 0.123 e. The number of hydrogen-bond acceptors (Lipinski definition) is 0. The summed E-state index contributed by atoms with van der Waals surface area (Å²) in [5.74, 6) is 3.55. The van der Waals surface area contributed by atoms with Crippen molar-refractivity contribution in [3.8, 4) is 0 Å². The van der Waals surface area contributed by atoms with Gasteiger partial charge < -0.3 is 0 Å². The van der Waals surface area contributed by atoms with Crippen molar-refractivity contribution in [3.63, 3.8) is 0 Å². The molecule has 0 unspecified atom stereocenters. The van der Waals surface area contributed by atoms with Crippen LogP contribution in [-0.2, 0) is 6.42 Å². The van der Waals surface area contributed by atoms with E-state index in [1.165, 1.54) is 63.4 Å². The molecule has 2 aliphatic carbocycles. The number of benzene rings is 1. The van der Waals surface area contributed by atoms with Crippen molar-refractivity contribution in [2.45, 2.75) is 64.2 Å². The molecule has 1 aromatic carbocycles. The fourth-order valence-electron chi connectivity index (χ4n) is 4.88. The van der Waals surface area contributed by atoms with Crippen LogP contribution in [0.2, 0.25) is 0 Å². The number of rotatable bonds is 5. The lowest BCUT2D eigenvalue weighted by Gasteiger charge is -2.37. The van der Waals surface area contributed by atoms with E-state index in [4.69, 9.17) is 0 Å². The summed E-state index contributed by atoms with van der Waals surface area (Å²) in [7, 11) is 0. The molecular formula is C22H30BrF. The summed E-state index contributed by atoms with van der Waals surface area (Å²) < 4.78 is 13.0. The predicted octanol–water partition coefficient (Wildman–Crippen LogP) is 7.28. The molecular weight excluding hydrogens is 363 g/mol. The Balaban J connectivity index is 1.37. The summed E-state index contributed by atoms with van der Waals surface area (Å²) in [5.41, 5.74) is 1.29. The van der Waals surface area contributed by atoms with Crippen molar-refractivity contribution in [2.24, 2.45) is 23.7 Å². The van der Waals surface area contributed by atoms with Crippen LogP contribution in [-0.4, -0.2) is 0 Å². The second-order valence-electron chi connectivity index (χ2n) is 7.94. The third kappa shape index (κ3) is 5.18. The maximum absolute atomic E-state index is 13.0. The Morgan fingerprint density at radius 3 is 2.04 bits per heavy atom. The van der Waals surface area contributed by atoms with Gasteiger partial charge in [-0.25, -0.2) is 4.39 Å². The van der Waals surface area contributed by atoms with Gasteiger partial charge in [-0.2, -0.15) is 0 Å². The number of halogens is 2. The Bertz CT molecular complexity index is 505. The molecule has 0 saturated heterocycles. The van der Waals surface area contributed by atoms with Crippen LogP contribution in [0.4, 0.5) is 4.39 Å². The molecule has 132 valence electrons. The van der Waals surface area contributed by atoms with E-state index in [0.717, 1.165) is 30.1 Å². The second kappa shape index (κ2) is 9.17. The van der Waals surface area contributed by atoms with Crippen LogP contribution < -0.4 is 0 Å². The predicted molar refractivity (Wildman–Crippen MR) is 104 cm³/mol. The first-order valence-corrected chi connectivity index (χ1v) is 10.7. The highest BCUT2D eigenvalue weighted by atomic mass is 79.9. The highest BCUT2D eigenvalue weighted by molar-refractivity contribution is 9.11. The highest BCUT2D eigenvalue weighted by Gasteiger charge is 2.30. The largest absolute Gasteiger partial charge is 0.207 e. The van der Waals surface area contributed by atoms with Gasteiger partial charge in [-0.3, -0.25) is 0 Å². The molecule has 2 aliphatic rings. The average molecular weight is 393 g/mol. The molecule has 3 rings (SSSR count).